The molecular formula is C15H20N2O2. The third-order valence-electron chi connectivity index (χ3n) is 5.21. The molecule has 19 heavy (non-hydrogen) atoms. The predicted molar refractivity (Wildman–Crippen MR) is 70.0 cm³/mol. The maximum atomic E-state index is 12.5. The van der Waals surface area contributed by atoms with Crippen LogP contribution >= 0.6 is 0 Å². The van der Waals surface area contributed by atoms with E-state index in [4.69, 9.17) is 4.74 Å². The minimum Gasteiger partial charge on any atom is -0.372 e. The molecule has 4 heteroatoms. The van der Waals surface area contributed by atoms with Crippen molar-refractivity contribution in [2.45, 2.75) is 50.7 Å². The second-order valence-electron chi connectivity index (χ2n) is 6.12. The summed E-state index contributed by atoms with van der Waals surface area (Å²) in [5, 5.41) is 12.5. The zero-order chi connectivity index (χ0) is 13.5. The molecule has 2 aliphatic carbocycles. The van der Waals surface area contributed by atoms with E-state index >= 15 is 0 Å². The van der Waals surface area contributed by atoms with Gasteiger partial charge in [0.2, 0.25) is 5.91 Å². The molecule has 0 aromatic heterocycles. The number of hydrogen-bond donors (Lipinski definition) is 1. The number of nitriles is 1. The predicted octanol–water partition coefficient (Wildman–Crippen LogP) is 1.92. The molecule has 3 fully saturated rings. The van der Waals surface area contributed by atoms with Gasteiger partial charge in [0.25, 0.3) is 0 Å². The summed E-state index contributed by atoms with van der Waals surface area (Å²) < 4.78 is 5.48. The van der Waals surface area contributed by atoms with Crippen LogP contribution in [0.4, 0.5) is 0 Å². The molecule has 1 N–H and O–H groups in total. The zero-order valence-electron chi connectivity index (χ0n) is 11.2. The first kappa shape index (κ1) is 12.7. The third-order valence-corrected chi connectivity index (χ3v) is 5.21. The maximum Gasteiger partial charge on any atom is 0.241 e. The van der Waals surface area contributed by atoms with Crippen molar-refractivity contribution < 1.29 is 9.53 Å². The molecule has 1 heterocycles. The molecule has 1 unspecified atom stereocenters. The fourth-order valence-electron chi connectivity index (χ4n) is 3.94. The monoisotopic (exact) mass is 260 g/mol. The van der Waals surface area contributed by atoms with Crippen LogP contribution < -0.4 is 5.32 Å². The van der Waals surface area contributed by atoms with E-state index in [2.05, 4.69) is 18.0 Å². The van der Waals surface area contributed by atoms with E-state index in [1.807, 2.05) is 0 Å². The van der Waals surface area contributed by atoms with E-state index in [9.17, 15) is 10.1 Å². The van der Waals surface area contributed by atoms with Gasteiger partial charge in [0, 0.05) is 12.0 Å². The lowest BCUT2D eigenvalue weighted by Crippen LogP contribution is -2.44. The van der Waals surface area contributed by atoms with Crippen LogP contribution in [0.15, 0.2) is 12.7 Å². The first-order valence-corrected chi connectivity index (χ1v) is 7.14. The first-order chi connectivity index (χ1) is 9.17. The quantitative estimate of drug-likeness (QED) is 0.789. The summed E-state index contributed by atoms with van der Waals surface area (Å²) in [6, 6.07) is 2.29. The molecule has 1 aliphatic heterocycles. The highest BCUT2D eigenvalue weighted by Gasteiger charge is 2.73. The lowest BCUT2D eigenvalue weighted by Gasteiger charge is -2.21. The lowest BCUT2D eigenvalue weighted by molar-refractivity contribution is -0.126. The Labute approximate surface area is 113 Å². The van der Waals surface area contributed by atoms with E-state index in [0.717, 1.165) is 38.5 Å². The molecule has 2 saturated carbocycles. The molecule has 1 amide bonds. The number of hydrogen-bond acceptors (Lipinski definition) is 3. The fraction of sp³-hybridized carbons (Fsp3) is 0.733. The second kappa shape index (κ2) is 4.35. The number of carbonyl (C=O) groups is 1. The van der Waals surface area contributed by atoms with Crippen molar-refractivity contribution in [3.63, 3.8) is 0 Å². The molecule has 0 aromatic carbocycles. The number of carbonyl (C=O) groups excluding carboxylic acids is 1. The normalized spacial score (nSPS) is 38.9. The zero-order valence-corrected chi connectivity index (χ0v) is 11.2. The van der Waals surface area contributed by atoms with Gasteiger partial charge in [-0.05, 0) is 25.7 Å². The number of rotatable bonds is 3. The minimum absolute atomic E-state index is 0.0189. The molecule has 3 aliphatic rings. The Bertz CT molecular complexity index is 448. The topological polar surface area (TPSA) is 62.1 Å². The Morgan fingerprint density at radius 3 is 2.84 bits per heavy atom. The van der Waals surface area contributed by atoms with Gasteiger partial charge in [-0.1, -0.05) is 18.9 Å². The summed E-state index contributed by atoms with van der Waals surface area (Å²) in [4.78, 5) is 12.5. The summed E-state index contributed by atoms with van der Waals surface area (Å²) in [6.45, 7) is 4.37. The van der Waals surface area contributed by atoms with Crippen molar-refractivity contribution in [3.8, 4) is 6.07 Å². The van der Waals surface area contributed by atoms with E-state index in [-0.39, 0.29) is 23.5 Å². The van der Waals surface area contributed by atoms with Crippen LogP contribution in [0.25, 0.3) is 0 Å². The molecular weight excluding hydrogens is 240 g/mol. The summed E-state index contributed by atoms with van der Waals surface area (Å²) in [6.07, 6.45) is 7.52. The largest absolute Gasteiger partial charge is 0.372 e. The van der Waals surface area contributed by atoms with Crippen LogP contribution in [-0.4, -0.2) is 24.7 Å². The van der Waals surface area contributed by atoms with Crippen molar-refractivity contribution >= 4 is 5.91 Å². The van der Waals surface area contributed by atoms with Crippen molar-refractivity contribution in [2.24, 2.45) is 10.8 Å². The number of nitrogens with one attached hydrogen (secondary N) is 1. The molecule has 3 rings (SSSR count). The molecule has 0 radical (unpaired) electrons. The van der Waals surface area contributed by atoms with Crippen LogP contribution in [0.1, 0.15) is 38.5 Å². The molecule has 1 saturated heterocycles. The van der Waals surface area contributed by atoms with Gasteiger partial charge in [-0.15, -0.1) is 6.58 Å². The number of amides is 1. The van der Waals surface area contributed by atoms with Crippen LogP contribution in [-0.2, 0) is 9.53 Å². The van der Waals surface area contributed by atoms with Gasteiger partial charge in [0.1, 0.15) is 5.41 Å². The molecule has 102 valence electrons. The van der Waals surface area contributed by atoms with Crippen LogP contribution in [0, 0.1) is 22.2 Å². The SMILES string of the molecule is C=C[C@@H]1OCC[C@H]1NC(=O)C1(C#N)CC12CCCC2. The Hall–Kier alpha value is -1.34. The molecule has 4 nitrogen and oxygen atoms in total. The van der Waals surface area contributed by atoms with Crippen LogP contribution in [0.2, 0.25) is 0 Å². The standard InChI is InChI=1S/C15H20N2O2/c1-2-12-11(5-8-19-12)17-13(18)15(10-16)9-14(15)6-3-4-7-14/h2,11-12H,1,3-9H2,(H,17,18)/t11-,12+,15?/m1/s1. The molecule has 0 aromatic rings. The number of ether oxygens (including phenoxy) is 1. The molecule has 1 spiro atoms. The fourth-order valence-corrected chi connectivity index (χ4v) is 3.94. The smallest absolute Gasteiger partial charge is 0.241 e. The summed E-state index contributed by atoms with van der Waals surface area (Å²) in [5.74, 6) is -0.0840. The van der Waals surface area contributed by atoms with Crippen LogP contribution in [0.5, 0.6) is 0 Å². The van der Waals surface area contributed by atoms with Gasteiger partial charge in [0.15, 0.2) is 0 Å². The van der Waals surface area contributed by atoms with Gasteiger partial charge < -0.3 is 10.1 Å². The maximum absolute atomic E-state index is 12.5. The molecule has 3 atom stereocenters. The van der Waals surface area contributed by atoms with E-state index < -0.39 is 5.41 Å². The Morgan fingerprint density at radius 1 is 1.47 bits per heavy atom. The van der Waals surface area contributed by atoms with Crippen molar-refractivity contribution in [3.05, 3.63) is 12.7 Å². The van der Waals surface area contributed by atoms with Gasteiger partial charge >= 0.3 is 0 Å². The summed E-state index contributed by atoms with van der Waals surface area (Å²) >= 11 is 0. The summed E-state index contributed by atoms with van der Waals surface area (Å²) in [5.41, 5.74) is -0.785. The summed E-state index contributed by atoms with van der Waals surface area (Å²) in [7, 11) is 0. The Kier molecular flexibility index (Phi) is 2.90. The lowest BCUT2D eigenvalue weighted by atomic mass is 9.91. The average molecular weight is 260 g/mol. The highest BCUT2D eigenvalue weighted by Crippen LogP contribution is 2.71. The van der Waals surface area contributed by atoms with E-state index in [1.165, 1.54) is 0 Å². The Morgan fingerprint density at radius 2 is 2.21 bits per heavy atom. The third kappa shape index (κ3) is 1.72. The first-order valence-electron chi connectivity index (χ1n) is 7.14. The number of nitrogens with zero attached hydrogens (tertiary/aromatic N) is 1. The van der Waals surface area contributed by atoms with Crippen molar-refractivity contribution in [1.29, 1.82) is 5.26 Å². The Balaban J connectivity index is 1.71. The van der Waals surface area contributed by atoms with Crippen molar-refractivity contribution in [2.75, 3.05) is 6.61 Å². The average Bonchev–Trinajstić information content (AvgIpc) is 2.75. The van der Waals surface area contributed by atoms with Crippen molar-refractivity contribution in [1.82, 2.24) is 5.32 Å². The minimum atomic E-state index is -0.766. The van der Waals surface area contributed by atoms with Gasteiger partial charge in [-0.2, -0.15) is 5.26 Å². The van der Waals surface area contributed by atoms with E-state index in [0.29, 0.717) is 6.61 Å². The van der Waals surface area contributed by atoms with Gasteiger partial charge in [0.05, 0.1) is 18.2 Å². The highest BCUT2D eigenvalue weighted by molar-refractivity contribution is 5.90. The molecule has 0 bridgehead atoms. The van der Waals surface area contributed by atoms with E-state index in [1.54, 1.807) is 6.08 Å². The van der Waals surface area contributed by atoms with Crippen LogP contribution in [0.3, 0.4) is 0 Å². The second-order valence-corrected chi connectivity index (χ2v) is 6.12. The highest BCUT2D eigenvalue weighted by atomic mass is 16.5. The van der Waals surface area contributed by atoms with Gasteiger partial charge in [-0.3, -0.25) is 4.79 Å². The van der Waals surface area contributed by atoms with Gasteiger partial charge in [-0.25, -0.2) is 0 Å².